The summed E-state index contributed by atoms with van der Waals surface area (Å²) in [7, 11) is 1.33. The summed E-state index contributed by atoms with van der Waals surface area (Å²) in [6, 6.07) is 19.7. The molecule has 31 heavy (non-hydrogen) atoms. The minimum absolute atomic E-state index is 0.138. The summed E-state index contributed by atoms with van der Waals surface area (Å²) in [4.78, 5) is 34.3. The minimum Gasteiger partial charge on any atom is -0.488 e. The monoisotopic (exact) mass is 417 g/mol. The molecule has 0 fully saturated rings. The molecule has 3 aromatic carbocycles. The Morgan fingerprint density at radius 3 is 2.42 bits per heavy atom. The fourth-order valence-corrected chi connectivity index (χ4v) is 2.80. The number of carbonyl (C=O) groups excluding carboxylic acids is 2. The Labute approximate surface area is 178 Å². The lowest BCUT2D eigenvalue weighted by molar-refractivity contribution is -0.384. The molecule has 0 aromatic heterocycles. The zero-order valence-electron chi connectivity index (χ0n) is 16.7. The predicted octanol–water partition coefficient (Wildman–Crippen LogP) is 4.86. The molecule has 0 amide bonds. The summed E-state index contributed by atoms with van der Waals surface area (Å²) in [5.41, 5.74) is 2.09. The lowest BCUT2D eigenvalue weighted by Crippen LogP contribution is -2.02. The smallest absolute Gasteiger partial charge is 0.337 e. The molecule has 0 N–H and O–H groups in total. The molecule has 0 saturated heterocycles. The third-order valence-electron chi connectivity index (χ3n) is 4.44. The van der Waals surface area contributed by atoms with Crippen molar-refractivity contribution in [3.8, 4) is 5.75 Å². The molecule has 156 valence electrons. The number of nitro benzene ring substituents is 1. The molecule has 0 spiro atoms. The Balaban J connectivity index is 1.70. The molecular formula is C24H19NO6. The molecule has 0 aliphatic rings. The minimum atomic E-state index is -0.540. The van der Waals surface area contributed by atoms with Gasteiger partial charge in [-0.05, 0) is 35.9 Å². The highest BCUT2D eigenvalue weighted by atomic mass is 16.6. The van der Waals surface area contributed by atoms with E-state index in [1.165, 1.54) is 37.5 Å². The third-order valence-corrected chi connectivity index (χ3v) is 4.44. The largest absolute Gasteiger partial charge is 0.488 e. The number of benzene rings is 3. The van der Waals surface area contributed by atoms with Crippen LogP contribution >= 0.6 is 0 Å². The van der Waals surface area contributed by atoms with Crippen LogP contribution in [0, 0.1) is 10.1 Å². The van der Waals surface area contributed by atoms with Crippen molar-refractivity contribution in [2.24, 2.45) is 0 Å². The van der Waals surface area contributed by atoms with Crippen molar-refractivity contribution in [1.29, 1.82) is 0 Å². The number of hydrogen-bond donors (Lipinski definition) is 0. The first kappa shape index (κ1) is 21.4. The van der Waals surface area contributed by atoms with Gasteiger partial charge in [0.25, 0.3) is 5.69 Å². The Morgan fingerprint density at radius 2 is 1.71 bits per heavy atom. The summed E-state index contributed by atoms with van der Waals surface area (Å²) in [6.07, 6.45) is 2.96. The summed E-state index contributed by atoms with van der Waals surface area (Å²) in [6.45, 7) is 0.269. The van der Waals surface area contributed by atoms with E-state index < -0.39 is 10.9 Å². The van der Waals surface area contributed by atoms with E-state index >= 15 is 0 Å². The number of hydrogen-bond acceptors (Lipinski definition) is 6. The number of ketones is 1. The van der Waals surface area contributed by atoms with Crippen molar-refractivity contribution in [3.05, 3.63) is 111 Å². The number of nitrogens with zero attached hydrogens (tertiary/aromatic N) is 1. The fraction of sp³-hybridized carbons (Fsp3) is 0.0833. The van der Waals surface area contributed by atoms with Crippen LogP contribution in [-0.2, 0) is 11.3 Å². The quantitative estimate of drug-likeness (QED) is 0.171. The van der Waals surface area contributed by atoms with Gasteiger partial charge in [-0.2, -0.15) is 0 Å². The molecule has 0 saturated carbocycles. The summed E-state index contributed by atoms with van der Waals surface area (Å²) >= 11 is 0. The number of carbonyl (C=O) groups is 2. The van der Waals surface area contributed by atoms with Gasteiger partial charge in [0.05, 0.1) is 17.6 Å². The first-order valence-electron chi connectivity index (χ1n) is 9.34. The van der Waals surface area contributed by atoms with Crippen LogP contribution in [-0.4, -0.2) is 23.8 Å². The van der Waals surface area contributed by atoms with Crippen LogP contribution < -0.4 is 4.74 Å². The highest BCUT2D eigenvalue weighted by Crippen LogP contribution is 2.22. The third kappa shape index (κ3) is 5.63. The Morgan fingerprint density at radius 1 is 0.968 bits per heavy atom. The van der Waals surface area contributed by atoms with Crippen molar-refractivity contribution in [3.63, 3.8) is 0 Å². The van der Waals surface area contributed by atoms with Gasteiger partial charge in [0.1, 0.15) is 12.4 Å². The van der Waals surface area contributed by atoms with Gasteiger partial charge in [0, 0.05) is 23.3 Å². The second kappa shape index (κ2) is 9.98. The van der Waals surface area contributed by atoms with E-state index in [-0.39, 0.29) is 23.6 Å². The van der Waals surface area contributed by atoms with E-state index in [4.69, 9.17) is 4.74 Å². The molecule has 3 rings (SSSR count). The summed E-state index contributed by atoms with van der Waals surface area (Å²) in [5.74, 6) is -0.184. The average Bonchev–Trinajstić information content (AvgIpc) is 2.81. The molecular weight excluding hydrogens is 398 g/mol. The van der Waals surface area contributed by atoms with E-state index in [9.17, 15) is 19.7 Å². The number of ether oxygens (including phenoxy) is 2. The zero-order chi connectivity index (χ0) is 22.2. The number of non-ortho nitro benzene ring substituents is 1. The van der Waals surface area contributed by atoms with E-state index in [1.54, 1.807) is 42.5 Å². The van der Waals surface area contributed by atoms with Crippen LogP contribution in [0.3, 0.4) is 0 Å². The lowest BCUT2D eigenvalue weighted by Gasteiger charge is -2.09. The molecule has 3 aromatic rings. The molecule has 0 bridgehead atoms. The van der Waals surface area contributed by atoms with Crippen LogP contribution in [0.1, 0.15) is 31.8 Å². The highest BCUT2D eigenvalue weighted by molar-refractivity contribution is 6.07. The van der Waals surface area contributed by atoms with Gasteiger partial charge in [-0.3, -0.25) is 14.9 Å². The van der Waals surface area contributed by atoms with Gasteiger partial charge in [0.2, 0.25) is 0 Å². The SMILES string of the molecule is COC(=O)c1ccc(COc2ccccc2/C=C/C(=O)c2cccc([N+](=O)[O-])c2)cc1. The van der Waals surface area contributed by atoms with E-state index in [2.05, 4.69) is 4.74 Å². The molecule has 0 heterocycles. The van der Waals surface area contributed by atoms with E-state index in [0.717, 1.165) is 5.56 Å². The van der Waals surface area contributed by atoms with Gasteiger partial charge in [0.15, 0.2) is 5.78 Å². The second-order valence-corrected chi connectivity index (χ2v) is 6.52. The van der Waals surface area contributed by atoms with Crippen LogP contribution in [0.5, 0.6) is 5.75 Å². The fourth-order valence-electron chi connectivity index (χ4n) is 2.80. The van der Waals surface area contributed by atoms with Crippen LogP contribution in [0.4, 0.5) is 5.69 Å². The lowest BCUT2D eigenvalue weighted by atomic mass is 10.1. The maximum absolute atomic E-state index is 12.4. The Bertz CT molecular complexity index is 1130. The van der Waals surface area contributed by atoms with Gasteiger partial charge >= 0.3 is 5.97 Å². The Hall–Kier alpha value is -4.26. The molecule has 0 aliphatic carbocycles. The van der Waals surface area contributed by atoms with Crippen molar-refractivity contribution in [2.75, 3.05) is 7.11 Å². The molecule has 0 atom stereocenters. The number of esters is 1. The second-order valence-electron chi connectivity index (χ2n) is 6.52. The van der Waals surface area contributed by atoms with Gasteiger partial charge < -0.3 is 9.47 Å². The zero-order valence-corrected chi connectivity index (χ0v) is 16.7. The number of nitro groups is 1. The number of allylic oxidation sites excluding steroid dienone is 1. The van der Waals surface area contributed by atoms with Gasteiger partial charge in [-0.15, -0.1) is 0 Å². The standard InChI is InChI=1S/C24H19NO6/c1-30-24(27)19-11-9-17(10-12-19)16-31-23-8-3-2-5-18(23)13-14-22(26)20-6-4-7-21(15-20)25(28)29/h2-15H,16H2,1H3/b14-13+. The van der Waals surface area contributed by atoms with E-state index in [0.29, 0.717) is 16.9 Å². The molecule has 0 aliphatic heterocycles. The van der Waals surface area contributed by atoms with Crippen LogP contribution in [0.15, 0.2) is 78.9 Å². The highest BCUT2D eigenvalue weighted by Gasteiger charge is 2.10. The number of methoxy groups -OCH3 is 1. The average molecular weight is 417 g/mol. The van der Waals surface area contributed by atoms with Gasteiger partial charge in [-0.25, -0.2) is 4.79 Å². The maximum atomic E-state index is 12.4. The molecule has 0 radical (unpaired) electrons. The van der Waals surface area contributed by atoms with Gasteiger partial charge in [-0.1, -0.05) is 42.5 Å². The molecule has 7 nitrogen and oxygen atoms in total. The van der Waals surface area contributed by atoms with Crippen molar-refractivity contribution < 1.29 is 24.0 Å². The first-order chi connectivity index (χ1) is 15.0. The van der Waals surface area contributed by atoms with E-state index in [1.807, 2.05) is 12.1 Å². The van der Waals surface area contributed by atoms with Crippen LogP contribution in [0.25, 0.3) is 6.08 Å². The normalized spacial score (nSPS) is 10.6. The molecule has 0 unspecified atom stereocenters. The topological polar surface area (TPSA) is 95.7 Å². The number of para-hydroxylation sites is 1. The molecule has 7 heteroatoms. The first-order valence-corrected chi connectivity index (χ1v) is 9.34. The van der Waals surface area contributed by atoms with Crippen LogP contribution in [0.2, 0.25) is 0 Å². The number of rotatable bonds is 8. The maximum Gasteiger partial charge on any atom is 0.337 e. The van der Waals surface area contributed by atoms with Crippen molar-refractivity contribution in [1.82, 2.24) is 0 Å². The summed E-state index contributed by atoms with van der Waals surface area (Å²) in [5, 5.41) is 10.9. The predicted molar refractivity (Wildman–Crippen MR) is 115 cm³/mol. The van der Waals surface area contributed by atoms with Crippen molar-refractivity contribution in [2.45, 2.75) is 6.61 Å². The Kier molecular flexibility index (Phi) is 6.90. The van der Waals surface area contributed by atoms with Crippen molar-refractivity contribution >= 4 is 23.5 Å². The summed E-state index contributed by atoms with van der Waals surface area (Å²) < 4.78 is 10.5.